The minimum Gasteiger partial charge on any atom is -0.103 e. The fourth-order valence-electron chi connectivity index (χ4n) is 3.82. The van der Waals surface area contributed by atoms with Gasteiger partial charge in [0.25, 0.3) is 0 Å². The van der Waals surface area contributed by atoms with E-state index >= 15 is 0 Å². The van der Waals surface area contributed by atoms with Crippen molar-refractivity contribution in [3.05, 3.63) is 12.7 Å². The third kappa shape index (κ3) is 26.0. The van der Waals surface area contributed by atoms with Crippen molar-refractivity contribution in [1.29, 1.82) is 0 Å². The largest absolute Gasteiger partial charge is 0.103 e. The van der Waals surface area contributed by atoms with Crippen LogP contribution in [0.4, 0.5) is 0 Å². The lowest BCUT2D eigenvalue weighted by molar-refractivity contribution is 0.531. The Hall–Kier alpha value is -0.0431. The number of hydrogen-bond donors (Lipinski definition) is 0. The van der Waals surface area contributed by atoms with Gasteiger partial charge in [-0.2, -0.15) is 0 Å². The minimum absolute atomic E-state index is 1.21. The molecular formula is C26H52Si. The first-order valence-electron chi connectivity index (χ1n) is 12.7. The van der Waals surface area contributed by atoms with Crippen LogP contribution in [0.3, 0.4) is 0 Å². The Bertz CT molecular complexity index is 261. The Balaban J connectivity index is 2.96. The lowest BCUT2D eigenvalue weighted by Gasteiger charge is -2.04. The Labute approximate surface area is 176 Å². The van der Waals surface area contributed by atoms with Crippen molar-refractivity contribution in [3.63, 3.8) is 0 Å². The Kier molecular flexibility index (Phi) is 25.9. The maximum atomic E-state index is 3.79. The molecule has 1 heteroatoms. The van der Waals surface area contributed by atoms with Crippen molar-refractivity contribution >= 4 is 9.52 Å². The molecule has 0 aromatic heterocycles. The third-order valence-electron chi connectivity index (χ3n) is 5.72. The molecule has 0 aromatic rings. The molecule has 0 aromatic carbocycles. The molecule has 0 saturated carbocycles. The van der Waals surface area contributed by atoms with Crippen molar-refractivity contribution in [2.24, 2.45) is 0 Å². The first kappa shape index (κ1) is 27.0. The first-order valence-corrected chi connectivity index (χ1v) is 14.1. The third-order valence-corrected chi connectivity index (χ3v) is 7.13. The maximum absolute atomic E-state index is 3.79. The van der Waals surface area contributed by atoms with Gasteiger partial charge in [-0.15, -0.1) is 6.58 Å². The molecule has 0 aliphatic carbocycles. The van der Waals surface area contributed by atoms with Gasteiger partial charge in [0.1, 0.15) is 0 Å². The van der Waals surface area contributed by atoms with E-state index in [1.807, 2.05) is 0 Å². The predicted molar refractivity (Wildman–Crippen MR) is 128 cm³/mol. The highest BCUT2D eigenvalue weighted by Crippen LogP contribution is 2.14. The Morgan fingerprint density at radius 1 is 0.481 bits per heavy atom. The fourth-order valence-corrected chi connectivity index (χ4v) is 5.07. The standard InChI is InChI=1S/C26H52Si/c1-3-5-7-9-11-12-13-14-15-16-17-18-19-20-22-24-26-27-25-23-21-10-8-6-4-2/h4H,2-3,5-26H2,1H3. The molecule has 0 heterocycles. The lowest BCUT2D eigenvalue weighted by atomic mass is 10.0. The molecule has 0 amide bonds. The summed E-state index contributed by atoms with van der Waals surface area (Å²) in [4.78, 5) is 0. The summed E-state index contributed by atoms with van der Waals surface area (Å²) in [5.41, 5.74) is 0. The van der Waals surface area contributed by atoms with Gasteiger partial charge in [0.05, 0.1) is 0 Å². The summed E-state index contributed by atoms with van der Waals surface area (Å²) >= 11 is 0. The normalized spacial score (nSPS) is 11.1. The number of hydrogen-bond acceptors (Lipinski definition) is 0. The second-order valence-electron chi connectivity index (χ2n) is 8.54. The highest BCUT2D eigenvalue weighted by molar-refractivity contribution is 6.35. The smallest absolute Gasteiger partial charge is 0.0378 e. The van der Waals surface area contributed by atoms with E-state index in [-0.39, 0.29) is 0 Å². The summed E-state index contributed by atoms with van der Waals surface area (Å²) in [5.74, 6) is 0. The van der Waals surface area contributed by atoms with Crippen molar-refractivity contribution in [2.75, 3.05) is 0 Å². The van der Waals surface area contributed by atoms with E-state index in [4.69, 9.17) is 0 Å². The van der Waals surface area contributed by atoms with Gasteiger partial charge in [0, 0.05) is 9.52 Å². The van der Waals surface area contributed by atoms with E-state index in [0.717, 1.165) is 0 Å². The molecule has 0 atom stereocenters. The summed E-state index contributed by atoms with van der Waals surface area (Å²) < 4.78 is 0. The predicted octanol–water partition coefficient (Wildman–Crippen LogP) is 9.93. The van der Waals surface area contributed by atoms with Crippen molar-refractivity contribution in [2.45, 2.75) is 154 Å². The molecule has 160 valence electrons. The molecule has 0 fully saturated rings. The van der Waals surface area contributed by atoms with Crippen LogP contribution in [0, 0.1) is 0 Å². The van der Waals surface area contributed by atoms with Gasteiger partial charge in [-0.1, -0.05) is 147 Å². The van der Waals surface area contributed by atoms with E-state index in [1.165, 1.54) is 156 Å². The van der Waals surface area contributed by atoms with Gasteiger partial charge >= 0.3 is 0 Å². The van der Waals surface area contributed by atoms with E-state index in [2.05, 4.69) is 19.6 Å². The van der Waals surface area contributed by atoms with E-state index in [9.17, 15) is 0 Å². The van der Waals surface area contributed by atoms with E-state index in [0.29, 0.717) is 0 Å². The topological polar surface area (TPSA) is 0 Å². The van der Waals surface area contributed by atoms with Crippen LogP contribution in [0.25, 0.3) is 0 Å². The second kappa shape index (κ2) is 26.0. The van der Waals surface area contributed by atoms with Crippen LogP contribution in [-0.2, 0) is 0 Å². The molecule has 0 nitrogen and oxygen atoms in total. The summed E-state index contributed by atoms with van der Waals surface area (Å²) in [6.45, 7) is 6.09. The molecule has 27 heavy (non-hydrogen) atoms. The summed E-state index contributed by atoms with van der Waals surface area (Å²) in [6, 6.07) is 3.00. The van der Waals surface area contributed by atoms with Gasteiger partial charge in [0.2, 0.25) is 0 Å². The fraction of sp³-hybridized carbons (Fsp3) is 0.923. The van der Waals surface area contributed by atoms with Crippen LogP contribution in [0.1, 0.15) is 142 Å². The molecule has 0 aliphatic heterocycles. The van der Waals surface area contributed by atoms with Crippen LogP contribution in [-0.4, -0.2) is 9.52 Å². The van der Waals surface area contributed by atoms with Crippen molar-refractivity contribution in [1.82, 2.24) is 0 Å². The number of rotatable bonds is 24. The molecule has 0 aliphatic rings. The average molecular weight is 393 g/mol. The zero-order valence-corrected chi connectivity index (χ0v) is 20.0. The second-order valence-corrected chi connectivity index (χ2v) is 10.0. The van der Waals surface area contributed by atoms with E-state index < -0.39 is 0 Å². The molecule has 0 N–H and O–H groups in total. The van der Waals surface area contributed by atoms with Gasteiger partial charge in [-0.3, -0.25) is 0 Å². The van der Waals surface area contributed by atoms with Crippen LogP contribution >= 0.6 is 0 Å². The van der Waals surface area contributed by atoms with Crippen LogP contribution in [0.15, 0.2) is 12.7 Å². The SMILES string of the molecule is C=CCCCCCC[Si]CCCCCCCCCCCCCCCCCC. The Morgan fingerprint density at radius 3 is 1.19 bits per heavy atom. The summed E-state index contributed by atoms with van der Waals surface area (Å²) in [6.07, 6.45) is 32.6. The zero-order valence-electron chi connectivity index (χ0n) is 19.0. The highest BCUT2D eigenvalue weighted by atomic mass is 28.2. The van der Waals surface area contributed by atoms with Crippen LogP contribution < -0.4 is 0 Å². The molecule has 0 rings (SSSR count). The molecular weight excluding hydrogens is 340 g/mol. The maximum Gasteiger partial charge on any atom is 0.0378 e. The van der Waals surface area contributed by atoms with Crippen molar-refractivity contribution in [3.8, 4) is 0 Å². The number of allylic oxidation sites excluding steroid dienone is 1. The average Bonchev–Trinajstić information content (AvgIpc) is 2.68. The van der Waals surface area contributed by atoms with E-state index in [1.54, 1.807) is 0 Å². The zero-order chi connectivity index (χ0) is 19.7. The Morgan fingerprint density at radius 2 is 0.815 bits per heavy atom. The lowest BCUT2D eigenvalue weighted by Crippen LogP contribution is -1.90. The monoisotopic (exact) mass is 392 g/mol. The van der Waals surface area contributed by atoms with Crippen molar-refractivity contribution < 1.29 is 0 Å². The van der Waals surface area contributed by atoms with Gasteiger partial charge in [0.15, 0.2) is 0 Å². The molecule has 2 radical (unpaired) electrons. The molecule has 0 unspecified atom stereocenters. The summed E-state index contributed by atoms with van der Waals surface area (Å²) in [7, 11) is 1.24. The number of unbranched alkanes of at least 4 members (excludes halogenated alkanes) is 19. The quantitative estimate of drug-likeness (QED) is 0.0870. The molecule has 0 bridgehead atoms. The minimum atomic E-state index is 1.21. The highest BCUT2D eigenvalue weighted by Gasteiger charge is 1.96. The van der Waals surface area contributed by atoms with Gasteiger partial charge < -0.3 is 0 Å². The first-order chi connectivity index (χ1) is 13.4. The molecule has 0 saturated heterocycles. The van der Waals surface area contributed by atoms with Crippen LogP contribution in [0.5, 0.6) is 0 Å². The van der Waals surface area contributed by atoms with Crippen LogP contribution in [0.2, 0.25) is 12.1 Å². The summed E-state index contributed by atoms with van der Waals surface area (Å²) in [5, 5.41) is 0. The van der Waals surface area contributed by atoms with Gasteiger partial charge in [-0.05, 0) is 12.8 Å². The van der Waals surface area contributed by atoms with Gasteiger partial charge in [-0.25, -0.2) is 0 Å². The molecule has 0 spiro atoms.